The highest BCUT2D eigenvalue weighted by Gasteiger charge is 2.22. The van der Waals surface area contributed by atoms with Gasteiger partial charge in [0.05, 0.1) is 6.54 Å². The van der Waals surface area contributed by atoms with Gasteiger partial charge in [0.1, 0.15) is 18.5 Å². The van der Waals surface area contributed by atoms with Crippen LogP contribution in [0.4, 0.5) is 5.95 Å². The largest absolute Gasteiger partial charge is 0.491 e. The second kappa shape index (κ2) is 7.75. The third-order valence-corrected chi connectivity index (χ3v) is 5.04. The highest BCUT2D eigenvalue weighted by atomic mass is 16.5. The summed E-state index contributed by atoms with van der Waals surface area (Å²) in [5.41, 5.74) is 1.92. The number of hydrogen-bond donors (Lipinski definition) is 1. The van der Waals surface area contributed by atoms with E-state index in [1.54, 1.807) is 30.6 Å². The maximum Gasteiger partial charge on any atom is 0.332 e. The minimum atomic E-state index is -0.880. The summed E-state index contributed by atoms with van der Waals surface area (Å²) >= 11 is 0. The summed E-state index contributed by atoms with van der Waals surface area (Å²) in [6.07, 6.45) is -0.880. The van der Waals surface area contributed by atoms with E-state index in [1.165, 1.54) is 17.2 Å². The van der Waals surface area contributed by atoms with Crippen LogP contribution in [0.15, 0.2) is 27.8 Å². The van der Waals surface area contributed by atoms with E-state index >= 15 is 0 Å². The molecule has 0 radical (unpaired) electrons. The monoisotopic (exact) mass is 401 g/mol. The minimum Gasteiger partial charge on any atom is -0.491 e. The molecule has 0 saturated carbocycles. The lowest BCUT2D eigenvalue weighted by molar-refractivity contribution is 0.0936. The van der Waals surface area contributed by atoms with Gasteiger partial charge in [0, 0.05) is 28.2 Å². The number of imidazole rings is 1. The van der Waals surface area contributed by atoms with Crippen molar-refractivity contribution < 1.29 is 9.84 Å². The molecule has 1 aromatic carbocycles. The maximum atomic E-state index is 12.7. The fraction of sp³-hybridized carbons (Fsp3) is 0.450. The van der Waals surface area contributed by atoms with Crippen molar-refractivity contribution in [3.63, 3.8) is 0 Å². The Labute approximate surface area is 168 Å². The van der Waals surface area contributed by atoms with Crippen LogP contribution in [0, 0.1) is 13.8 Å². The van der Waals surface area contributed by atoms with Crippen LogP contribution in [-0.4, -0.2) is 50.6 Å². The van der Waals surface area contributed by atoms with Crippen molar-refractivity contribution in [1.82, 2.24) is 18.7 Å². The molecule has 0 saturated heterocycles. The SMILES string of the molecule is Cc1ccc(OC[C@@H](O)Cn2c(N(C)C)nc3c2c(=O)n(C)c(=O)n3C)cc1C. The van der Waals surface area contributed by atoms with Gasteiger partial charge >= 0.3 is 5.69 Å². The molecule has 0 unspecified atom stereocenters. The molecule has 0 spiro atoms. The van der Waals surface area contributed by atoms with Crippen molar-refractivity contribution in [1.29, 1.82) is 0 Å². The first-order valence-electron chi connectivity index (χ1n) is 9.33. The van der Waals surface area contributed by atoms with Crippen LogP contribution in [0.25, 0.3) is 11.2 Å². The van der Waals surface area contributed by atoms with E-state index in [0.29, 0.717) is 11.7 Å². The first-order chi connectivity index (χ1) is 13.6. The number of aryl methyl sites for hydroxylation is 3. The van der Waals surface area contributed by atoms with Gasteiger partial charge in [0.2, 0.25) is 5.95 Å². The molecule has 0 aliphatic carbocycles. The molecule has 3 aromatic rings. The number of rotatable bonds is 6. The molecule has 156 valence electrons. The van der Waals surface area contributed by atoms with Crippen LogP contribution in [0.3, 0.4) is 0 Å². The van der Waals surface area contributed by atoms with Crippen LogP contribution in [0.1, 0.15) is 11.1 Å². The van der Waals surface area contributed by atoms with Crippen LogP contribution in [0.2, 0.25) is 0 Å². The molecule has 0 amide bonds. The van der Waals surface area contributed by atoms with Gasteiger partial charge < -0.3 is 19.3 Å². The molecule has 0 aliphatic heterocycles. The number of benzene rings is 1. The average Bonchev–Trinajstić information content (AvgIpc) is 3.05. The number of hydrogen-bond acceptors (Lipinski definition) is 6. The second-order valence-electron chi connectivity index (χ2n) is 7.51. The quantitative estimate of drug-likeness (QED) is 0.649. The Morgan fingerprint density at radius 1 is 1.14 bits per heavy atom. The first kappa shape index (κ1) is 20.7. The van der Waals surface area contributed by atoms with Crippen LogP contribution in [0.5, 0.6) is 5.75 Å². The Morgan fingerprint density at radius 2 is 1.83 bits per heavy atom. The van der Waals surface area contributed by atoms with Gasteiger partial charge in [-0.15, -0.1) is 0 Å². The third-order valence-electron chi connectivity index (χ3n) is 5.04. The van der Waals surface area contributed by atoms with Gasteiger partial charge in [0.25, 0.3) is 5.56 Å². The highest BCUT2D eigenvalue weighted by Crippen LogP contribution is 2.20. The van der Waals surface area contributed by atoms with E-state index in [4.69, 9.17) is 4.74 Å². The molecule has 3 rings (SSSR count). The van der Waals surface area contributed by atoms with Crippen molar-refractivity contribution in [2.45, 2.75) is 26.5 Å². The van der Waals surface area contributed by atoms with Gasteiger partial charge in [-0.1, -0.05) is 6.07 Å². The van der Waals surface area contributed by atoms with E-state index in [2.05, 4.69) is 4.98 Å². The predicted molar refractivity (Wildman–Crippen MR) is 112 cm³/mol. The van der Waals surface area contributed by atoms with Gasteiger partial charge in [-0.05, 0) is 37.1 Å². The Morgan fingerprint density at radius 3 is 2.45 bits per heavy atom. The van der Waals surface area contributed by atoms with Gasteiger partial charge in [0.15, 0.2) is 11.2 Å². The zero-order valence-electron chi connectivity index (χ0n) is 17.6. The van der Waals surface area contributed by atoms with Crippen LogP contribution in [-0.2, 0) is 20.6 Å². The van der Waals surface area contributed by atoms with E-state index in [-0.39, 0.29) is 24.3 Å². The summed E-state index contributed by atoms with van der Waals surface area (Å²) in [5.74, 6) is 1.15. The van der Waals surface area contributed by atoms with Gasteiger partial charge in [-0.3, -0.25) is 13.9 Å². The second-order valence-corrected chi connectivity index (χ2v) is 7.51. The van der Waals surface area contributed by atoms with Crippen LogP contribution < -0.4 is 20.9 Å². The summed E-state index contributed by atoms with van der Waals surface area (Å²) in [7, 11) is 6.58. The Hall–Kier alpha value is -3.07. The molecular formula is C20H27N5O4. The van der Waals surface area contributed by atoms with E-state index in [0.717, 1.165) is 10.1 Å². The van der Waals surface area contributed by atoms with Crippen molar-refractivity contribution in [2.24, 2.45) is 14.1 Å². The summed E-state index contributed by atoms with van der Waals surface area (Å²) in [6, 6.07) is 5.75. The van der Waals surface area contributed by atoms with Crippen molar-refractivity contribution >= 4 is 17.1 Å². The molecule has 2 aromatic heterocycles. The topological polar surface area (TPSA) is 94.5 Å². The van der Waals surface area contributed by atoms with Crippen molar-refractivity contribution in [2.75, 3.05) is 25.6 Å². The number of aliphatic hydroxyl groups excluding tert-OH is 1. The zero-order chi connectivity index (χ0) is 21.5. The molecule has 0 bridgehead atoms. The van der Waals surface area contributed by atoms with Crippen molar-refractivity contribution in [3.05, 3.63) is 50.2 Å². The molecule has 9 heteroatoms. The number of aromatic nitrogens is 4. The molecular weight excluding hydrogens is 374 g/mol. The summed E-state index contributed by atoms with van der Waals surface area (Å²) in [4.78, 5) is 31.2. The van der Waals surface area contributed by atoms with Crippen molar-refractivity contribution in [3.8, 4) is 5.75 Å². The molecule has 29 heavy (non-hydrogen) atoms. The lowest BCUT2D eigenvalue weighted by Gasteiger charge is -2.18. The Kier molecular flexibility index (Phi) is 5.52. The number of fused-ring (bicyclic) bond motifs is 1. The fourth-order valence-electron chi connectivity index (χ4n) is 3.21. The molecule has 9 nitrogen and oxygen atoms in total. The first-order valence-corrected chi connectivity index (χ1v) is 9.33. The predicted octanol–water partition coefficient (Wildman–Crippen LogP) is 0.556. The highest BCUT2D eigenvalue weighted by molar-refractivity contribution is 5.74. The number of nitrogens with zero attached hydrogens (tertiary/aromatic N) is 5. The minimum absolute atomic E-state index is 0.0567. The fourth-order valence-corrected chi connectivity index (χ4v) is 3.21. The lowest BCUT2D eigenvalue weighted by atomic mass is 10.1. The summed E-state index contributed by atoms with van der Waals surface area (Å²) in [6.45, 7) is 4.18. The molecule has 2 heterocycles. The number of aliphatic hydroxyl groups is 1. The molecule has 1 atom stereocenters. The van der Waals surface area contributed by atoms with Crippen LogP contribution >= 0.6 is 0 Å². The summed E-state index contributed by atoms with van der Waals surface area (Å²) < 4.78 is 9.73. The van der Waals surface area contributed by atoms with Gasteiger partial charge in [-0.25, -0.2) is 4.79 Å². The zero-order valence-corrected chi connectivity index (χ0v) is 17.6. The lowest BCUT2D eigenvalue weighted by Crippen LogP contribution is -2.38. The maximum absolute atomic E-state index is 12.7. The summed E-state index contributed by atoms with van der Waals surface area (Å²) in [5, 5.41) is 10.6. The van der Waals surface area contributed by atoms with E-state index in [1.807, 2.05) is 32.0 Å². The normalized spacial score (nSPS) is 12.4. The number of anilines is 1. The van der Waals surface area contributed by atoms with Gasteiger partial charge in [-0.2, -0.15) is 4.98 Å². The Bertz CT molecular complexity index is 1170. The third kappa shape index (κ3) is 3.77. The molecule has 0 aliphatic rings. The molecule has 0 fully saturated rings. The smallest absolute Gasteiger partial charge is 0.332 e. The van der Waals surface area contributed by atoms with E-state index < -0.39 is 17.4 Å². The van der Waals surface area contributed by atoms with E-state index in [9.17, 15) is 14.7 Å². The average molecular weight is 401 g/mol. The standard InChI is InChI=1S/C20H27N5O4/c1-12-7-8-15(9-13(12)2)29-11-14(26)10-25-16-17(21-19(25)22(3)4)23(5)20(28)24(6)18(16)27/h7-9,14,26H,10-11H2,1-6H3/t14-/m0/s1. The molecule has 1 N–H and O–H groups in total. The number of ether oxygens (including phenoxy) is 1. The Balaban J connectivity index is 1.94.